The fraction of sp³-hybridized carbons (Fsp3) is 0. The standard InChI is InChI=1S/Ge.3Nb. The number of rotatable bonds is 0. The van der Waals surface area contributed by atoms with Crippen LogP contribution < -0.4 is 0 Å². The summed E-state index contributed by atoms with van der Waals surface area (Å²) in [6.07, 6.45) is 0. The normalized spacial score (nSPS) is 0. The molecule has 0 unspecified atom stereocenters. The molecule has 0 N–H and O–H groups in total. The fourth-order valence-corrected chi connectivity index (χ4v) is 0. The minimum atomic E-state index is 0. The van der Waals surface area contributed by atoms with Crippen molar-refractivity contribution in [2.75, 3.05) is 0 Å². The van der Waals surface area contributed by atoms with Crippen molar-refractivity contribution in [3.63, 3.8) is 0 Å². The van der Waals surface area contributed by atoms with Gasteiger partial charge >= 0.3 is 0 Å². The summed E-state index contributed by atoms with van der Waals surface area (Å²) in [5, 5.41) is 0. The van der Waals surface area contributed by atoms with Crippen molar-refractivity contribution in [2.24, 2.45) is 0 Å². The largest absolute Gasteiger partial charge is 0 e. The van der Waals surface area contributed by atoms with Gasteiger partial charge in [-0.25, -0.2) is 0 Å². The van der Waals surface area contributed by atoms with Gasteiger partial charge in [-0.2, -0.15) is 0 Å². The summed E-state index contributed by atoms with van der Waals surface area (Å²) in [6, 6.07) is 0. The smallest absolute Gasteiger partial charge is 0 e. The summed E-state index contributed by atoms with van der Waals surface area (Å²) in [5.41, 5.74) is 0. The van der Waals surface area contributed by atoms with Crippen molar-refractivity contribution >= 4 is 17.6 Å². The van der Waals surface area contributed by atoms with Crippen LogP contribution in [0.15, 0.2) is 0 Å². The van der Waals surface area contributed by atoms with Gasteiger partial charge in [0.05, 0.1) is 0 Å². The van der Waals surface area contributed by atoms with Crippen molar-refractivity contribution < 1.29 is 67.1 Å². The van der Waals surface area contributed by atoms with Gasteiger partial charge in [-0.15, -0.1) is 0 Å². The topological polar surface area (TPSA) is 0 Å². The minimum absolute atomic E-state index is 0. The van der Waals surface area contributed by atoms with Crippen molar-refractivity contribution in [1.82, 2.24) is 0 Å². The molecule has 0 saturated carbocycles. The molecule has 4 heteroatoms. The summed E-state index contributed by atoms with van der Waals surface area (Å²) >= 11 is 0. The fourth-order valence-electron chi connectivity index (χ4n) is 0. The van der Waals surface area contributed by atoms with Crippen LogP contribution in [0.3, 0.4) is 0 Å². The SMILES string of the molecule is [Ge].[Nb].[Nb].[Nb]. The zero-order chi connectivity index (χ0) is 0. The maximum absolute atomic E-state index is 0. The second kappa shape index (κ2) is 17.1. The molecule has 0 atom stereocenters. The van der Waals surface area contributed by atoms with Crippen molar-refractivity contribution in [1.29, 1.82) is 0 Å². The third kappa shape index (κ3) is 8.83. The first-order valence-electron chi connectivity index (χ1n) is 0. The third-order valence-corrected chi connectivity index (χ3v) is 0. The van der Waals surface area contributed by atoms with E-state index in [-0.39, 0.29) is 84.7 Å². The van der Waals surface area contributed by atoms with Crippen LogP contribution in [0.1, 0.15) is 0 Å². The van der Waals surface area contributed by atoms with Crippen molar-refractivity contribution in [3.8, 4) is 0 Å². The monoisotopic (exact) mass is 353 g/mol. The molecule has 0 spiro atoms. The Morgan fingerprint density at radius 2 is 0.500 bits per heavy atom. The molecule has 0 heterocycles. The number of hydrogen-bond acceptors (Lipinski definition) is 0. The van der Waals surface area contributed by atoms with Gasteiger partial charge in [-0.1, -0.05) is 0 Å². The quantitative estimate of drug-likeness (QED) is 0.522. The zero-order valence-electron chi connectivity index (χ0n) is 1.84. The summed E-state index contributed by atoms with van der Waals surface area (Å²) in [7, 11) is 0. The first kappa shape index (κ1) is 29.4. The molecule has 0 aromatic heterocycles. The molecular weight excluding hydrogens is 351 g/mol. The van der Waals surface area contributed by atoms with E-state index in [1.165, 1.54) is 0 Å². The molecule has 0 saturated heterocycles. The van der Waals surface area contributed by atoms with Crippen LogP contribution in [-0.4, -0.2) is 17.6 Å². The molecule has 0 rings (SSSR count). The molecule has 0 amide bonds. The van der Waals surface area contributed by atoms with Gasteiger partial charge in [0.25, 0.3) is 0 Å². The predicted octanol–water partition coefficient (Wildman–Crippen LogP) is -0.388. The maximum Gasteiger partial charge on any atom is 0 e. The maximum atomic E-state index is 0. The minimum Gasteiger partial charge on any atom is 0 e. The molecule has 0 nitrogen and oxygen atoms in total. The van der Waals surface area contributed by atoms with Crippen LogP contribution in [0.5, 0.6) is 0 Å². The van der Waals surface area contributed by atoms with Gasteiger partial charge in [-0.05, 0) is 0 Å². The summed E-state index contributed by atoms with van der Waals surface area (Å²) in [4.78, 5) is 0. The van der Waals surface area contributed by atoms with E-state index < -0.39 is 0 Å². The van der Waals surface area contributed by atoms with Gasteiger partial charge in [0.1, 0.15) is 0 Å². The molecule has 19 valence electrons. The van der Waals surface area contributed by atoms with Gasteiger partial charge < -0.3 is 0 Å². The van der Waals surface area contributed by atoms with E-state index in [1.54, 1.807) is 0 Å². The molecule has 0 aliphatic heterocycles. The number of hydrogen-bond donors (Lipinski definition) is 0. The Morgan fingerprint density at radius 1 is 0.500 bits per heavy atom. The van der Waals surface area contributed by atoms with Gasteiger partial charge in [-0.3, -0.25) is 0 Å². The Bertz CT molecular complexity index is 3.25. The molecule has 0 aromatic carbocycles. The van der Waals surface area contributed by atoms with E-state index in [0.717, 1.165) is 0 Å². The van der Waals surface area contributed by atoms with E-state index in [9.17, 15) is 0 Å². The average Bonchev–Trinajstić information content (AvgIpc) is 0. The summed E-state index contributed by atoms with van der Waals surface area (Å²) < 4.78 is 0. The van der Waals surface area contributed by atoms with Crippen molar-refractivity contribution in [2.45, 2.75) is 0 Å². The van der Waals surface area contributed by atoms with E-state index in [0.29, 0.717) is 0 Å². The van der Waals surface area contributed by atoms with Crippen LogP contribution in [0.2, 0.25) is 0 Å². The Labute approximate surface area is 83.4 Å². The zero-order valence-corrected chi connectivity index (χ0v) is 10.5. The van der Waals surface area contributed by atoms with Gasteiger partial charge in [0, 0.05) is 84.7 Å². The van der Waals surface area contributed by atoms with E-state index >= 15 is 0 Å². The Kier molecular flexibility index (Phi) is 126. The third-order valence-electron chi connectivity index (χ3n) is 0. The average molecular weight is 351 g/mol. The van der Waals surface area contributed by atoms with Crippen LogP contribution in [0.25, 0.3) is 0 Å². The molecule has 0 aromatic rings. The summed E-state index contributed by atoms with van der Waals surface area (Å²) in [6.45, 7) is 0. The van der Waals surface area contributed by atoms with E-state index in [4.69, 9.17) is 0 Å². The Balaban J connectivity index is 0. The van der Waals surface area contributed by atoms with Gasteiger partial charge in [0.15, 0.2) is 0 Å². The Hall–Kier alpha value is 2.76. The molecule has 0 aliphatic rings. The first-order valence-corrected chi connectivity index (χ1v) is 0. The van der Waals surface area contributed by atoms with E-state index in [1.807, 2.05) is 0 Å². The van der Waals surface area contributed by atoms with Gasteiger partial charge in [0.2, 0.25) is 0 Å². The molecule has 4 heavy (non-hydrogen) atoms. The second-order valence-electron chi connectivity index (χ2n) is 0. The molecule has 0 bridgehead atoms. The molecule has 0 fully saturated rings. The Morgan fingerprint density at radius 3 is 0.500 bits per heavy atom. The second-order valence-corrected chi connectivity index (χ2v) is 0. The van der Waals surface area contributed by atoms with Crippen molar-refractivity contribution in [3.05, 3.63) is 0 Å². The predicted molar refractivity (Wildman–Crippen MR) is 5.75 cm³/mol. The first-order chi connectivity index (χ1) is 0. The van der Waals surface area contributed by atoms with Crippen LogP contribution in [0.4, 0.5) is 0 Å². The van der Waals surface area contributed by atoms with Crippen LogP contribution in [0, 0.1) is 0 Å². The molecule has 7 radical (unpaired) electrons. The molecule has 0 aliphatic carbocycles. The molecular formula is GeNb3. The van der Waals surface area contributed by atoms with Crippen LogP contribution in [-0.2, 0) is 67.1 Å². The van der Waals surface area contributed by atoms with Crippen LogP contribution >= 0.6 is 0 Å². The summed E-state index contributed by atoms with van der Waals surface area (Å²) in [5.74, 6) is 0. The van der Waals surface area contributed by atoms with E-state index in [2.05, 4.69) is 0 Å².